The summed E-state index contributed by atoms with van der Waals surface area (Å²) < 4.78 is 1.08. The second kappa shape index (κ2) is 9.53. The minimum atomic E-state index is 1.08. The van der Waals surface area contributed by atoms with Gasteiger partial charge in [0.25, 0.3) is 0 Å². The quantitative estimate of drug-likeness (QED) is 0.233. The Kier molecular flexibility index (Phi) is 5.95. The predicted molar refractivity (Wildman–Crippen MR) is 156 cm³/mol. The van der Waals surface area contributed by atoms with Crippen molar-refractivity contribution in [1.29, 1.82) is 0 Å². The summed E-state index contributed by atoms with van der Waals surface area (Å²) in [6, 6.07) is 42.9. The molecule has 168 valence electrons. The summed E-state index contributed by atoms with van der Waals surface area (Å²) in [7, 11) is 0. The van der Waals surface area contributed by atoms with E-state index in [1.165, 1.54) is 44.2 Å². The SMILES string of the molecule is Brc1ccc(-c2csc(Nc3c(-c4ccccc4)ccc4ccccc34)c2-c2ccccc2)cc1. The molecule has 0 aliphatic carbocycles. The van der Waals surface area contributed by atoms with Crippen molar-refractivity contribution in [1.82, 2.24) is 0 Å². The molecule has 0 aliphatic heterocycles. The van der Waals surface area contributed by atoms with Crippen LogP contribution in [0.3, 0.4) is 0 Å². The third kappa shape index (κ3) is 4.29. The Bertz CT molecular complexity index is 1600. The number of hydrogen-bond acceptors (Lipinski definition) is 2. The van der Waals surface area contributed by atoms with E-state index in [-0.39, 0.29) is 0 Å². The van der Waals surface area contributed by atoms with E-state index in [0.717, 1.165) is 15.2 Å². The van der Waals surface area contributed by atoms with Crippen molar-refractivity contribution in [2.75, 3.05) is 5.32 Å². The van der Waals surface area contributed by atoms with Gasteiger partial charge in [0.05, 0.1) is 5.69 Å². The van der Waals surface area contributed by atoms with Gasteiger partial charge in [0.15, 0.2) is 0 Å². The maximum Gasteiger partial charge on any atom is 0.101 e. The first-order chi connectivity index (χ1) is 17.3. The summed E-state index contributed by atoms with van der Waals surface area (Å²) in [4.78, 5) is 0. The molecule has 6 aromatic rings. The van der Waals surface area contributed by atoms with Gasteiger partial charge in [-0.2, -0.15) is 0 Å². The average Bonchev–Trinajstić information content (AvgIpc) is 3.34. The highest BCUT2D eigenvalue weighted by molar-refractivity contribution is 9.10. The maximum absolute atomic E-state index is 3.89. The van der Waals surface area contributed by atoms with Gasteiger partial charge < -0.3 is 5.32 Å². The lowest BCUT2D eigenvalue weighted by molar-refractivity contribution is 1.58. The van der Waals surface area contributed by atoms with Crippen LogP contribution in [-0.4, -0.2) is 0 Å². The molecule has 0 unspecified atom stereocenters. The van der Waals surface area contributed by atoms with Crippen LogP contribution in [0.5, 0.6) is 0 Å². The number of anilines is 2. The van der Waals surface area contributed by atoms with Crippen LogP contribution >= 0.6 is 27.3 Å². The molecule has 6 rings (SSSR count). The highest BCUT2D eigenvalue weighted by atomic mass is 79.9. The first-order valence-electron chi connectivity index (χ1n) is 11.5. The molecular weight excluding hydrogens is 510 g/mol. The maximum atomic E-state index is 3.89. The van der Waals surface area contributed by atoms with Crippen LogP contribution in [0.2, 0.25) is 0 Å². The van der Waals surface area contributed by atoms with Crippen LogP contribution in [0, 0.1) is 0 Å². The van der Waals surface area contributed by atoms with E-state index in [9.17, 15) is 0 Å². The number of thiophene rings is 1. The summed E-state index contributed by atoms with van der Waals surface area (Å²) in [5.41, 5.74) is 8.40. The lowest BCUT2D eigenvalue weighted by atomic mass is 9.96. The summed E-state index contributed by atoms with van der Waals surface area (Å²) >= 11 is 5.33. The normalized spacial score (nSPS) is 11.0. The highest BCUT2D eigenvalue weighted by Crippen LogP contribution is 2.46. The first-order valence-corrected chi connectivity index (χ1v) is 13.2. The Balaban J connectivity index is 1.56. The molecule has 0 spiro atoms. The standard InChI is InChI=1S/C32H22BrNS/c33-26-18-15-24(16-19-26)29-21-35-32(30(29)25-12-5-2-6-13-25)34-31-27-14-8-7-11-23(27)17-20-28(31)22-9-3-1-4-10-22/h1-21,34H. The monoisotopic (exact) mass is 531 g/mol. The molecule has 35 heavy (non-hydrogen) atoms. The van der Waals surface area contributed by atoms with Crippen LogP contribution in [0.25, 0.3) is 44.2 Å². The molecule has 1 heterocycles. The zero-order valence-electron chi connectivity index (χ0n) is 18.9. The van der Waals surface area contributed by atoms with Crippen LogP contribution in [0.1, 0.15) is 0 Å². The van der Waals surface area contributed by atoms with Gasteiger partial charge in [0.1, 0.15) is 5.00 Å². The number of nitrogens with one attached hydrogen (secondary N) is 1. The molecule has 0 radical (unpaired) electrons. The number of halogens is 1. The van der Waals surface area contributed by atoms with Crippen LogP contribution < -0.4 is 5.32 Å². The minimum absolute atomic E-state index is 1.08. The molecule has 1 aromatic heterocycles. The fourth-order valence-electron chi connectivity index (χ4n) is 4.56. The van der Waals surface area contributed by atoms with E-state index < -0.39 is 0 Å². The van der Waals surface area contributed by atoms with Crippen LogP contribution in [0.4, 0.5) is 10.7 Å². The van der Waals surface area contributed by atoms with Gasteiger partial charge in [-0.25, -0.2) is 0 Å². The van der Waals surface area contributed by atoms with E-state index >= 15 is 0 Å². The van der Waals surface area contributed by atoms with Crippen LogP contribution in [0.15, 0.2) is 131 Å². The third-order valence-corrected chi connectivity index (χ3v) is 7.69. The van der Waals surface area contributed by atoms with Gasteiger partial charge >= 0.3 is 0 Å². The number of fused-ring (bicyclic) bond motifs is 1. The lowest BCUT2D eigenvalue weighted by Crippen LogP contribution is -1.95. The van der Waals surface area contributed by atoms with Crippen molar-refractivity contribution in [2.45, 2.75) is 0 Å². The van der Waals surface area contributed by atoms with Crippen molar-refractivity contribution in [2.24, 2.45) is 0 Å². The fraction of sp³-hybridized carbons (Fsp3) is 0. The number of rotatable bonds is 5. The van der Waals surface area contributed by atoms with Gasteiger partial charge in [0, 0.05) is 31.9 Å². The topological polar surface area (TPSA) is 12.0 Å². The Morgan fingerprint density at radius 1 is 0.543 bits per heavy atom. The zero-order valence-corrected chi connectivity index (χ0v) is 21.3. The Morgan fingerprint density at radius 2 is 1.17 bits per heavy atom. The second-order valence-electron chi connectivity index (χ2n) is 8.43. The van der Waals surface area contributed by atoms with Gasteiger partial charge in [0.2, 0.25) is 0 Å². The largest absolute Gasteiger partial charge is 0.346 e. The lowest BCUT2D eigenvalue weighted by Gasteiger charge is -2.17. The Labute approximate surface area is 217 Å². The molecular formula is C32H22BrNS. The molecule has 0 aliphatic rings. The second-order valence-corrected chi connectivity index (χ2v) is 10.2. The van der Waals surface area contributed by atoms with Crippen molar-refractivity contribution in [3.05, 3.63) is 131 Å². The molecule has 1 N–H and O–H groups in total. The average molecular weight is 533 g/mol. The zero-order chi connectivity index (χ0) is 23.6. The van der Waals surface area contributed by atoms with Crippen LogP contribution in [-0.2, 0) is 0 Å². The summed E-state index contributed by atoms with van der Waals surface area (Å²) in [6.07, 6.45) is 0. The molecule has 0 atom stereocenters. The van der Waals surface area contributed by atoms with E-state index in [0.29, 0.717) is 0 Å². The van der Waals surface area contributed by atoms with Crippen molar-refractivity contribution < 1.29 is 0 Å². The van der Waals surface area contributed by atoms with Gasteiger partial charge in [-0.3, -0.25) is 0 Å². The fourth-order valence-corrected chi connectivity index (χ4v) is 5.82. The molecule has 3 heteroatoms. The van der Waals surface area contributed by atoms with E-state index in [2.05, 4.69) is 148 Å². The predicted octanol–water partition coefficient (Wildman–Crippen LogP) is 10.4. The minimum Gasteiger partial charge on any atom is -0.346 e. The van der Waals surface area contributed by atoms with Crippen molar-refractivity contribution in [3.8, 4) is 33.4 Å². The van der Waals surface area contributed by atoms with Gasteiger partial charge in [-0.1, -0.05) is 125 Å². The van der Waals surface area contributed by atoms with E-state index in [4.69, 9.17) is 0 Å². The van der Waals surface area contributed by atoms with E-state index in [1.54, 1.807) is 11.3 Å². The highest BCUT2D eigenvalue weighted by Gasteiger charge is 2.18. The number of hydrogen-bond donors (Lipinski definition) is 1. The molecule has 0 saturated carbocycles. The Hall–Kier alpha value is -3.66. The van der Waals surface area contributed by atoms with Crippen molar-refractivity contribution in [3.63, 3.8) is 0 Å². The molecule has 0 fully saturated rings. The molecule has 5 aromatic carbocycles. The molecule has 0 saturated heterocycles. The molecule has 0 amide bonds. The van der Waals surface area contributed by atoms with E-state index in [1.807, 2.05) is 0 Å². The number of benzene rings is 5. The Morgan fingerprint density at radius 3 is 1.91 bits per heavy atom. The molecule has 1 nitrogen and oxygen atoms in total. The third-order valence-electron chi connectivity index (χ3n) is 6.26. The molecule has 0 bridgehead atoms. The smallest absolute Gasteiger partial charge is 0.101 e. The van der Waals surface area contributed by atoms with Gasteiger partial charge in [-0.05, 0) is 34.2 Å². The first kappa shape index (κ1) is 21.8. The summed E-state index contributed by atoms with van der Waals surface area (Å²) in [5, 5.41) is 9.74. The van der Waals surface area contributed by atoms with Crippen molar-refractivity contribution >= 4 is 48.7 Å². The summed E-state index contributed by atoms with van der Waals surface area (Å²) in [6.45, 7) is 0. The van der Waals surface area contributed by atoms with Gasteiger partial charge in [-0.15, -0.1) is 11.3 Å². The summed E-state index contributed by atoms with van der Waals surface area (Å²) in [5.74, 6) is 0.